The van der Waals surface area contributed by atoms with Gasteiger partial charge >= 0.3 is 0 Å². The maximum absolute atomic E-state index is 8.36. The molecular formula is C38H41N3O10. The van der Waals surface area contributed by atoms with Crippen molar-refractivity contribution in [3.05, 3.63) is 98.1 Å². The quantitative estimate of drug-likeness (QED) is 0.177. The van der Waals surface area contributed by atoms with Gasteiger partial charge in [-0.15, -0.1) is 10.1 Å². The Morgan fingerprint density at radius 1 is 0.824 bits per heavy atom. The first-order valence-corrected chi connectivity index (χ1v) is 16.4. The summed E-state index contributed by atoms with van der Waals surface area (Å²) in [5, 5.41) is 13.6. The lowest BCUT2D eigenvalue weighted by molar-refractivity contribution is -0.742. The van der Waals surface area contributed by atoms with Gasteiger partial charge in [0.15, 0.2) is 34.5 Å². The van der Waals surface area contributed by atoms with Crippen LogP contribution in [-0.2, 0) is 25.7 Å². The lowest BCUT2D eigenvalue weighted by atomic mass is 9.86. The van der Waals surface area contributed by atoms with E-state index in [1.807, 2.05) is 18.2 Å². The topological polar surface area (TPSA) is 144 Å². The van der Waals surface area contributed by atoms with E-state index >= 15 is 0 Å². The molecule has 1 N–H and O–H groups in total. The van der Waals surface area contributed by atoms with Crippen LogP contribution in [0.2, 0.25) is 0 Å². The first kappa shape index (κ1) is 35.1. The summed E-state index contributed by atoms with van der Waals surface area (Å²) in [6.45, 7) is 1.53. The summed E-state index contributed by atoms with van der Waals surface area (Å²) in [6, 6.07) is 18.3. The van der Waals surface area contributed by atoms with E-state index in [4.69, 9.17) is 53.5 Å². The Hall–Kier alpha value is -5.69. The Balaban J connectivity index is 0.00000107. The van der Waals surface area contributed by atoms with E-state index in [1.54, 1.807) is 35.5 Å². The van der Waals surface area contributed by atoms with E-state index in [0.29, 0.717) is 65.4 Å². The molecule has 0 amide bonds. The minimum atomic E-state index is -1.50. The SMILES string of the molecule is COc1ccc2cc1Oc1ccc(cc1)CC1=NCCc3cc(OC)c(cc31)Oc1c(OC)c(OC)c(OC)c3c1[C@@H](C2)N(C)CC3.O=[N+]([O-])O. The number of hydrogen-bond acceptors (Lipinski definition) is 11. The average molecular weight is 700 g/mol. The first-order chi connectivity index (χ1) is 24.7. The van der Waals surface area contributed by atoms with Crippen molar-refractivity contribution in [3.8, 4) is 51.7 Å². The summed E-state index contributed by atoms with van der Waals surface area (Å²) in [7, 11) is 10.4. The molecule has 0 saturated carbocycles. The molecule has 0 spiro atoms. The molecule has 4 aliphatic heterocycles. The number of likely N-dealkylation sites (N-methyl/N-ethyl adjacent to an activating group) is 1. The summed E-state index contributed by atoms with van der Waals surface area (Å²) in [5.41, 5.74) is 7.45. The molecule has 13 nitrogen and oxygen atoms in total. The van der Waals surface area contributed by atoms with E-state index in [1.165, 1.54) is 5.56 Å². The van der Waals surface area contributed by atoms with Gasteiger partial charge in [0.05, 0.1) is 35.5 Å². The van der Waals surface area contributed by atoms with Gasteiger partial charge in [0.1, 0.15) is 5.75 Å². The van der Waals surface area contributed by atoms with Crippen molar-refractivity contribution in [2.24, 2.45) is 4.99 Å². The van der Waals surface area contributed by atoms with Crippen LogP contribution in [0.3, 0.4) is 0 Å². The van der Waals surface area contributed by atoms with Gasteiger partial charge in [0.2, 0.25) is 11.5 Å². The standard InChI is InChI=1S/C38H40N2O7.HNO3/c1-40-16-14-26-34-29(40)18-23-9-12-30(41-2)32(19-23)46-25-10-7-22(8-11-25)17-28-27-21-33(31(42-3)20-24(27)13-15-39-28)47-36(34)38(45-6)37(44-5)35(26)43-4;2-1(3)4/h7-12,19-21,29H,13-18H2,1-6H3;(H,2,3,4)/t29-;/m1./s1. The molecule has 51 heavy (non-hydrogen) atoms. The summed E-state index contributed by atoms with van der Waals surface area (Å²) in [6.07, 6.45) is 2.90. The van der Waals surface area contributed by atoms with Crippen LogP contribution >= 0.6 is 0 Å². The molecule has 0 unspecified atom stereocenters. The largest absolute Gasteiger partial charge is 0.493 e. The fraction of sp³-hybridized carbons (Fsp3) is 0.342. The molecular weight excluding hydrogens is 658 g/mol. The van der Waals surface area contributed by atoms with Crippen molar-refractivity contribution >= 4 is 5.71 Å². The van der Waals surface area contributed by atoms with Crippen LogP contribution < -0.4 is 33.2 Å². The summed E-state index contributed by atoms with van der Waals surface area (Å²) in [4.78, 5) is 15.7. The number of rotatable bonds is 5. The minimum Gasteiger partial charge on any atom is -0.493 e. The number of hydrogen-bond donors (Lipinski definition) is 1. The highest BCUT2D eigenvalue weighted by molar-refractivity contribution is 6.04. The summed E-state index contributed by atoms with van der Waals surface area (Å²) < 4.78 is 43.1. The lowest BCUT2D eigenvalue weighted by Gasteiger charge is -2.37. The molecule has 0 aliphatic carbocycles. The second kappa shape index (κ2) is 15.1. The molecule has 4 aliphatic rings. The van der Waals surface area contributed by atoms with Crippen molar-refractivity contribution in [1.29, 1.82) is 0 Å². The zero-order valence-corrected chi connectivity index (χ0v) is 29.5. The predicted octanol–water partition coefficient (Wildman–Crippen LogP) is 6.64. The molecule has 0 radical (unpaired) electrons. The predicted molar refractivity (Wildman–Crippen MR) is 189 cm³/mol. The van der Waals surface area contributed by atoms with Crippen LogP contribution in [0, 0.1) is 10.1 Å². The number of benzene rings is 4. The van der Waals surface area contributed by atoms with Gasteiger partial charge < -0.3 is 38.4 Å². The maximum Gasteiger partial charge on any atom is 0.291 e. The number of ether oxygens (including phenoxy) is 7. The zero-order valence-electron chi connectivity index (χ0n) is 29.5. The van der Waals surface area contributed by atoms with Crippen LogP contribution in [0.25, 0.3) is 0 Å². The molecule has 0 saturated heterocycles. The van der Waals surface area contributed by atoms with E-state index in [-0.39, 0.29) is 6.04 Å². The van der Waals surface area contributed by atoms with Crippen molar-refractivity contribution in [2.45, 2.75) is 31.7 Å². The van der Waals surface area contributed by atoms with Crippen molar-refractivity contribution in [2.75, 3.05) is 55.7 Å². The Bertz CT molecular complexity index is 1960. The Morgan fingerprint density at radius 3 is 2.16 bits per heavy atom. The molecule has 6 bridgehead atoms. The fourth-order valence-corrected chi connectivity index (χ4v) is 7.06. The van der Waals surface area contributed by atoms with Crippen molar-refractivity contribution in [3.63, 3.8) is 0 Å². The minimum absolute atomic E-state index is 0.0948. The number of methoxy groups -OCH3 is 5. The van der Waals surface area contributed by atoms with E-state index in [2.05, 4.69) is 48.3 Å². The summed E-state index contributed by atoms with van der Waals surface area (Å²) in [5.74, 6) is 5.47. The van der Waals surface area contributed by atoms with Gasteiger partial charge in [0, 0.05) is 48.0 Å². The van der Waals surface area contributed by atoms with E-state index < -0.39 is 5.09 Å². The van der Waals surface area contributed by atoms with Crippen LogP contribution in [-0.4, -0.2) is 76.6 Å². The fourth-order valence-electron chi connectivity index (χ4n) is 7.06. The normalized spacial score (nSPS) is 16.0. The molecule has 0 aromatic heterocycles. The average Bonchev–Trinajstić information content (AvgIpc) is 3.12. The number of fused-ring (bicyclic) bond motifs is 2. The molecule has 13 heteroatoms. The third-order valence-corrected chi connectivity index (χ3v) is 9.43. The van der Waals surface area contributed by atoms with Gasteiger partial charge in [-0.3, -0.25) is 9.89 Å². The third-order valence-electron chi connectivity index (χ3n) is 9.43. The first-order valence-electron chi connectivity index (χ1n) is 16.4. The van der Waals surface area contributed by atoms with Crippen LogP contribution in [0.1, 0.15) is 39.4 Å². The van der Waals surface area contributed by atoms with Crippen molar-refractivity contribution in [1.82, 2.24) is 4.90 Å². The van der Waals surface area contributed by atoms with Crippen LogP contribution in [0.15, 0.2) is 59.6 Å². The lowest BCUT2D eigenvalue weighted by Crippen LogP contribution is -2.34. The third kappa shape index (κ3) is 7.02. The molecule has 4 aromatic carbocycles. The molecule has 4 heterocycles. The highest BCUT2D eigenvalue weighted by Crippen LogP contribution is 2.56. The second-order valence-corrected chi connectivity index (χ2v) is 12.3. The number of nitrogens with zero attached hydrogens (tertiary/aromatic N) is 3. The smallest absolute Gasteiger partial charge is 0.291 e. The molecule has 268 valence electrons. The van der Waals surface area contributed by atoms with Gasteiger partial charge in [-0.25, -0.2) is 0 Å². The van der Waals surface area contributed by atoms with E-state index in [9.17, 15) is 0 Å². The molecule has 4 aromatic rings. The Morgan fingerprint density at radius 2 is 1.49 bits per heavy atom. The monoisotopic (exact) mass is 699 g/mol. The maximum atomic E-state index is 8.36. The zero-order chi connectivity index (χ0) is 36.2. The van der Waals surface area contributed by atoms with Gasteiger partial charge in [-0.1, -0.05) is 18.2 Å². The van der Waals surface area contributed by atoms with Gasteiger partial charge in [0.25, 0.3) is 5.09 Å². The van der Waals surface area contributed by atoms with Crippen molar-refractivity contribution < 1.29 is 43.5 Å². The molecule has 0 fully saturated rings. The van der Waals surface area contributed by atoms with Gasteiger partial charge in [-0.05, 0) is 79.4 Å². The van der Waals surface area contributed by atoms with E-state index in [0.717, 1.165) is 58.7 Å². The molecule has 8 rings (SSSR count). The summed E-state index contributed by atoms with van der Waals surface area (Å²) >= 11 is 0. The van der Waals surface area contributed by atoms with Crippen LogP contribution in [0.4, 0.5) is 0 Å². The Labute approximate surface area is 296 Å². The highest BCUT2D eigenvalue weighted by atomic mass is 16.9. The molecule has 1 atom stereocenters. The van der Waals surface area contributed by atoms with Gasteiger partial charge in [-0.2, -0.15) is 0 Å². The number of aliphatic imine (C=N–C) groups is 1. The second-order valence-electron chi connectivity index (χ2n) is 12.3. The Kier molecular flexibility index (Phi) is 10.4. The van der Waals surface area contributed by atoms with Crippen LogP contribution in [0.5, 0.6) is 51.7 Å². The highest BCUT2D eigenvalue weighted by Gasteiger charge is 2.37.